The molecular weight excluding hydrogens is 438 g/mol. The molecule has 0 atom stereocenters. The van der Waals surface area contributed by atoms with E-state index >= 15 is 0 Å². The number of hydrogen-bond acceptors (Lipinski definition) is 4. The third kappa shape index (κ3) is 6.21. The minimum Gasteiger partial charge on any atom is -0.494 e. The predicted octanol–water partition coefficient (Wildman–Crippen LogP) is 5.25. The van der Waals surface area contributed by atoms with Crippen LogP contribution in [0.5, 0.6) is 5.75 Å². The average molecular weight is 472 g/mol. The monoisotopic (exact) mass is 471 g/mol. The van der Waals surface area contributed by atoms with E-state index in [-0.39, 0.29) is 11.8 Å². The molecule has 1 fully saturated rings. The summed E-state index contributed by atoms with van der Waals surface area (Å²) in [6.45, 7) is 7.75. The van der Waals surface area contributed by atoms with E-state index in [9.17, 15) is 9.59 Å². The zero-order valence-corrected chi connectivity index (χ0v) is 20.5. The maximum absolute atomic E-state index is 12.8. The molecule has 1 aliphatic heterocycles. The van der Waals surface area contributed by atoms with E-state index in [2.05, 4.69) is 24.1 Å². The zero-order chi connectivity index (χ0) is 24.6. The molecule has 6 nitrogen and oxygen atoms in total. The first-order chi connectivity index (χ1) is 17.1. The number of nitrogens with one attached hydrogen (secondary N) is 1. The summed E-state index contributed by atoms with van der Waals surface area (Å²) >= 11 is 0. The summed E-state index contributed by atoms with van der Waals surface area (Å²) in [6, 6.07) is 22.9. The number of carbonyl (C=O) groups excluding carboxylic acids is 2. The van der Waals surface area contributed by atoms with Gasteiger partial charge in [0, 0.05) is 48.7 Å². The summed E-state index contributed by atoms with van der Waals surface area (Å²) in [7, 11) is 0. The van der Waals surface area contributed by atoms with Crippen LogP contribution in [-0.4, -0.2) is 49.5 Å². The Labute approximate surface area is 207 Å². The van der Waals surface area contributed by atoms with E-state index in [0.29, 0.717) is 25.3 Å². The van der Waals surface area contributed by atoms with Gasteiger partial charge in [0.15, 0.2) is 0 Å². The lowest BCUT2D eigenvalue weighted by Gasteiger charge is -2.36. The zero-order valence-electron chi connectivity index (χ0n) is 20.5. The van der Waals surface area contributed by atoms with Gasteiger partial charge in [0.1, 0.15) is 5.75 Å². The van der Waals surface area contributed by atoms with Crippen molar-refractivity contribution >= 4 is 23.2 Å². The van der Waals surface area contributed by atoms with Gasteiger partial charge < -0.3 is 19.9 Å². The van der Waals surface area contributed by atoms with E-state index in [4.69, 9.17) is 4.74 Å². The lowest BCUT2D eigenvalue weighted by molar-refractivity contribution is 0.0746. The highest BCUT2D eigenvalue weighted by molar-refractivity contribution is 6.04. The lowest BCUT2D eigenvalue weighted by atomic mass is 10.1. The van der Waals surface area contributed by atoms with Crippen molar-refractivity contribution in [2.45, 2.75) is 26.7 Å². The molecule has 1 saturated heterocycles. The minimum atomic E-state index is -0.154. The summed E-state index contributed by atoms with van der Waals surface area (Å²) < 4.78 is 5.57. The molecule has 1 aliphatic rings. The Morgan fingerprint density at radius 3 is 2.03 bits per heavy atom. The van der Waals surface area contributed by atoms with Gasteiger partial charge >= 0.3 is 0 Å². The van der Waals surface area contributed by atoms with Gasteiger partial charge in [-0.25, -0.2) is 0 Å². The van der Waals surface area contributed by atoms with Crippen molar-refractivity contribution in [1.29, 1.82) is 0 Å². The second-order valence-corrected chi connectivity index (χ2v) is 8.70. The van der Waals surface area contributed by atoms with Gasteiger partial charge in [-0.15, -0.1) is 0 Å². The van der Waals surface area contributed by atoms with Crippen LogP contribution in [0.3, 0.4) is 0 Å². The van der Waals surface area contributed by atoms with Crippen molar-refractivity contribution in [3.8, 4) is 5.75 Å². The van der Waals surface area contributed by atoms with Crippen LogP contribution >= 0.6 is 0 Å². The second-order valence-electron chi connectivity index (χ2n) is 8.70. The number of rotatable bonds is 8. The van der Waals surface area contributed by atoms with Gasteiger partial charge in [-0.2, -0.15) is 0 Å². The molecule has 182 valence electrons. The Hall–Kier alpha value is -3.80. The van der Waals surface area contributed by atoms with Gasteiger partial charge in [-0.1, -0.05) is 26.0 Å². The number of benzene rings is 3. The first kappa shape index (κ1) is 24.3. The van der Waals surface area contributed by atoms with Gasteiger partial charge in [0.05, 0.1) is 6.61 Å². The molecule has 6 heteroatoms. The van der Waals surface area contributed by atoms with Crippen LogP contribution in [0.1, 0.15) is 46.5 Å². The smallest absolute Gasteiger partial charge is 0.255 e. The van der Waals surface area contributed by atoms with Crippen LogP contribution in [0, 0.1) is 0 Å². The average Bonchev–Trinajstić information content (AvgIpc) is 2.92. The number of nitrogens with zero attached hydrogens (tertiary/aromatic N) is 2. The van der Waals surface area contributed by atoms with Crippen LogP contribution in [0.25, 0.3) is 0 Å². The standard InChI is InChI=1S/C29H33N3O3/c1-3-21-35-27-15-9-23(10-16-27)28(33)30-25-11-13-26(14-12-25)31-17-19-32(20-18-31)29(34)24-7-5-22(4-2)6-8-24/h5-16H,3-4,17-21H2,1-2H3,(H,30,33). The molecule has 0 spiro atoms. The normalized spacial score (nSPS) is 13.4. The Morgan fingerprint density at radius 2 is 1.43 bits per heavy atom. The van der Waals surface area contributed by atoms with E-state index in [1.807, 2.05) is 65.6 Å². The first-order valence-corrected chi connectivity index (χ1v) is 12.3. The maximum Gasteiger partial charge on any atom is 0.255 e. The van der Waals surface area contributed by atoms with Crippen molar-refractivity contribution in [1.82, 2.24) is 4.90 Å². The number of carbonyl (C=O) groups is 2. The third-order valence-corrected chi connectivity index (χ3v) is 6.26. The topological polar surface area (TPSA) is 61.9 Å². The summed E-state index contributed by atoms with van der Waals surface area (Å²) in [4.78, 5) is 29.6. The van der Waals surface area contributed by atoms with Crippen LogP contribution < -0.4 is 15.0 Å². The van der Waals surface area contributed by atoms with E-state index < -0.39 is 0 Å². The number of ether oxygens (including phenoxy) is 1. The van der Waals surface area contributed by atoms with Crippen molar-refractivity contribution < 1.29 is 14.3 Å². The van der Waals surface area contributed by atoms with Crippen LogP contribution in [0.4, 0.5) is 11.4 Å². The van der Waals surface area contributed by atoms with Gasteiger partial charge in [0.2, 0.25) is 0 Å². The van der Waals surface area contributed by atoms with Crippen molar-refractivity contribution in [2.75, 3.05) is 43.0 Å². The van der Waals surface area contributed by atoms with Crippen molar-refractivity contribution in [2.24, 2.45) is 0 Å². The Balaban J connectivity index is 1.29. The van der Waals surface area contributed by atoms with Crippen LogP contribution in [0.2, 0.25) is 0 Å². The number of hydrogen-bond donors (Lipinski definition) is 1. The molecule has 2 amide bonds. The molecule has 35 heavy (non-hydrogen) atoms. The molecule has 4 rings (SSSR count). The highest BCUT2D eigenvalue weighted by Gasteiger charge is 2.22. The highest BCUT2D eigenvalue weighted by Crippen LogP contribution is 2.21. The van der Waals surface area contributed by atoms with Crippen LogP contribution in [-0.2, 0) is 6.42 Å². The number of piperazine rings is 1. The largest absolute Gasteiger partial charge is 0.494 e. The molecule has 3 aromatic rings. The Bertz CT molecular complexity index is 1120. The van der Waals surface area contributed by atoms with E-state index in [0.717, 1.165) is 48.6 Å². The highest BCUT2D eigenvalue weighted by atomic mass is 16.5. The molecule has 0 unspecified atom stereocenters. The fourth-order valence-corrected chi connectivity index (χ4v) is 4.11. The molecule has 0 radical (unpaired) electrons. The van der Waals surface area contributed by atoms with E-state index in [1.54, 1.807) is 12.1 Å². The predicted molar refractivity (Wildman–Crippen MR) is 141 cm³/mol. The molecule has 0 aliphatic carbocycles. The first-order valence-electron chi connectivity index (χ1n) is 12.3. The van der Waals surface area contributed by atoms with E-state index in [1.165, 1.54) is 5.56 Å². The number of aryl methyl sites for hydroxylation is 1. The molecule has 0 bridgehead atoms. The third-order valence-electron chi connectivity index (χ3n) is 6.26. The summed E-state index contributed by atoms with van der Waals surface area (Å²) in [5.74, 6) is 0.707. The van der Waals surface area contributed by atoms with Crippen LogP contribution in [0.15, 0.2) is 72.8 Å². The fraction of sp³-hybridized carbons (Fsp3) is 0.310. The number of anilines is 2. The molecule has 1 N–H and O–H groups in total. The Morgan fingerprint density at radius 1 is 0.800 bits per heavy atom. The summed E-state index contributed by atoms with van der Waals surface area (Å²) in [6.07, 6.45) is 1.91. The summed E-state index contributed by atoms with van der Waals surface area (Å²) in [5, 5.41) is 2.95. The van der Waals surface area contributed by atoms with Crippen molar-refractivity contribution in [3.05, 3.63) is 89.5 Å². The molecule has 0 saturated carbocycles. The van der Waals surface area contributed by atoms with Crippen molar-refractivity contribution in [3.63, 3.8) is 0 Å². The maximum atomic E-state index is 12.8. The number of amides is 2. The SMILES string of the molecule is CCCOc1ccc(C(=O)Nc2ccc(N3CCN(C(=O)c4ccc(CC)cc4)CC3)cc2)cc1. The van der Waals surface area contributed by atoms with Gasteiger partial charge in [-0.3, -0.25) is 9.59 Å². The fourth-order valence-electron chi connectivity index (χ4n) is 4.11. The summed E-state index contributed by atoms with van der Waals surface area (Å²) in [5.41, 5.74) is 4.40. The van der Waals surface area contributed by atoms with Gasteiger partial charge in [-0.05, 0) is 79.1 Å². The lowest BCUT2D eigenvalue weighted by Crippen LogP contribution is -2.48. The second kappa shape index (κ2) is 11.6. The minimum absolute atomic E-state index is 0.0929. The molecule has 0 aromatic heterocycles. The Kier molecular flexibility index (Phi) is 8.03. The van der Waals surface area contributed by atoms with Gasteiger partial charge in [0.25, 0.3) is 11.8 Å². The quantitative estimate of drug-likeness (QED) is 0.487. The molecular formula is C29H33N3O3. The molecule has 1 heterocycles. The molecule has 3 aromatic carbocycles.